The van der Waals surface area contributed by atoms with Crippen molar-refractivity contribution in [1.82, 2.24) is 0 Å². The zero-order valence-corrected chi connectivity index (χ0v) is 8.77. The fraction of sp³-hybridized carbons (Fsp3) is 0.400. The second kappa shape index (κ2) is 3.26. The molecule has 1 aromatic rings. The Kier molecular flexibility index (Phi) is 2.33. The summed E-state index contributed by atoms with van der Waals surface area (Å²) in [7, 11) is 0. The third-order valence-electron chi connectivity index (χ3n) is 2.51. The van der Waals surface area contributed by atoms with Crippen LogP contribution in [0.3, 0.4) is 0 Å². The fourth-order valence-corrected chi connectivity index (χ4v) is 1.90. The van der Waals surface area contributed by atoms with E-state index in [2.05, 4.69) is 15.9 Å². The molecule has 1 aliphatic rings. The van der Waals surface area contributed by atoms with Crippen molar-refractivity contribution in [2.45, 2.75) is 18.5 Å². The van der Waals surface area contributed by atoms with E-state index in [0.717, 1.165) is 10.0 Å². The van der Waals surface area contributed by atoms with Crippen LogP contribution in [-0.2, 0) is 0 Å². The van der Waals surface area contributed by atoms with E-state index in [9.17, 15) is 13.2 Å². The Morgan fingerprint density at radius 2 is 1.71 bits per heavy atom. The van der Waals surface area contributed by atoms with Crippen LogP contribution in [0.2, 0.25) is 0 Å². The largest absolute Gasteiger partial charge is 0.392 e. The first-order valence-electron chi connectivity index (χ1n) is 4.30. The molecule has 14 heavy (non-hydrogen) atoms. The first kappa shape index (κ1) is 10.0. The summed E-state index contributed by atoms with van der Waals surface area (Å²) in [5.74, 6) is -1.44. The monoisotopic (exact) mass is 264 g/mol. The molecule has 0 spiro atoms. The lowest BCUT2D eigenvalue weighted by atomic mass is 10.1. The summed E-state index contributed by atoms with van der Waals surface area (Å²) in [6.45, 7) is 0. The second-order valence-corrected chi connectivity index (χ2v) is 4.46. The summed E-state index contributed by atoms with van der Waals surface area (Å²) in [4.78, 5) is 0. The van der Waals surface area contributed by atoms with Gasteiger partial charge in [0.25, 0.3) is 0 Å². The Morgan fingerprint density at radius 3 is 2.14 bits per heavy atom. The van der Waals surface area contributed by atoms with Crippen LogP contribution < -0.4 is 0 Å². The fourth-order valence-electron chi connectivity index (χ4n) is 1.64. The first-order chi connectivity index (χ1) is 6.48. The highest BCUT2D eigenvalue weighted by Gasteiger charge is 2.55. The molecule has 1 saturated carbocycles. The average Bonchev–Trinajstić information content (AvgIpc) is 2.83. The summed E-state index contributed by atoms with van der Waals surface area (Å²) in [5.41, 5.74) is 0.788. The minimum Gasteiger partial charge on any atom is -0.171 e. The van der Waals surface area contributed by atoms with Crippen LogP contribution in [0.5, 0.6) is 0 Å². The second-order valence-electron chi connectivity index (χ2n) is 3.54. The van der Waals surface area contributed by atoms with Crippen molar-refractivity contribution in [3.8, 4) is 0 Å². The molecule has 0 aliphatic heterocycles. The summed E-state index contributed by atoms with van der Waals surface area (Å²) < 4.78 is 37.6. The highest BCUT2D eigenvalue weighted by Crippen LogP contribution is 2.56. The molecule has 0 bridgehead atoms. The highest BCUT2D eigenvalue weighted by atomic mass is 79.9. The quantitative estimate of drug-likeness (QED) is 0.716. The zero-order chi connectivity index (χ0) is 10.3. The van der Waals surface area contributed by atoms with Gasteiger partial charge in [-0.25, -0.2) is 0 Å². The molecule has 0 N–H and O–H groups in total. The minimum absolute atomic E-state index is 0.241. The topological polar surface area (TPSA) is 0 Å². The van der Waals surface area contributed by atoms with Crippen molar-refractivity contribution in [3.05, 3.63) is 34.3 Å². The SMILES string of the molecule is FC(F)(F)[C@@H]1C[C@@H]1c1ccc(Br)cc1. The van der Waals surface area contributed by atoms with Gasteiger partial charge in [0.05, 0.1) is 5.92 Å². The molecule has 1 fully saturated rings. The van der Waals surface area contributed by atoms with E-state index in [0.29, 0.717) is 0 Å². The van der Waals surface area contributed by atoms with Gasteiger partial charge < -0.3 is 0 Å². The van der Waals surface area contributed by atoms with Crippen LogP contribution in [0.1, 0.15) is 17.9 Å². The molecular formula is C10H8BrF3. The van der Waals surface area contributed by atoms with Gasteiger partial charge in [-0.05, 0) is 30.0 Å². The van der Waals surface area contributed by atoms with E-state index in [1.165, 1.54) is 0 Å². The van der Waals surface area contributed by atoms with Crippen LogP contribution >= 0.6 is 15.9 Å². The van der Waals surface area contributed by atoms with E-state index in [-0.39, 0.29) is 12.3 Å². The first-order valence-corrected chi connectivity index (χ1v) is 5.10. The molecule has 76 valence electrons. The Labute approximate surface area is 88.2 Å². The van der Waals surface area contributed by atoms with Crippen molar-refractivity contribution in [1.29, 1.82) is 0 Å². The maximum atomic E-state index is 12.2. The van der Waals surface area contributed by atoms with Gasteiger partial charge in [0, 0.05) is 4.47 Å². The molecule has 2 rings (SSSR count). The Bertz CT molecular complexity index is 328. The third kappa shape index (κ3) is 1.95. The van der Waals surface area contributed by atoms with Crippen molar-refractivity contribution in [2.75, 3.05) is 0 Å². The zero-order valence-electron chi connectivity index (χ0n) is 7.18. The van der Waals surface area contributed by atoms with Crippen LogP contribution in [0.15, 0.2) is 28.7 Å². The van der Waals surface area contributed by atoms with Gasteiger partial charge in [0.1, 0.15) is 0 Å². The van der Waals surface area contributed by atoms with Gasteiger partial charge in [-0.1, -0.05) is 28.1 Å². The maximum Gasteiger partial charge on any atom is 0.392 e. The summed E-state index contributed by atoms with van der Waals surface area (Å²) in [5, 5.41) is 0. The summed E-state index contributed by atoms with van der Waals surface area (Å²) in [6.07, 6.45) is -3.79. The summed E-state index contributed by atoms with van der Waals surface area (Å²) >= 11 is 3.25. The average molecular weight is 265 g/mol. The van der Waals surface area contributed by atoms with E-state index in [1.807, 2.05) is 0 Å². The van der Waals surface area contributed by atoms with Crippen molar-refractivity contribution in [3.63, 3.8) is 0 Å². The molecule has 0 nitrogen and oxygen atoms in total. The number of alkyl halides is 3. The predicted octanol–water partition coefficient (Wildman–Crippen LogP) is 4.11. The molecule has 4 heteroatoms. The molecule has 2 atom stereocenters. The molecule has 0 unspecified atom stereocenters. The van der Waals surface area contributed by atoms with Crippen molar-refractivity contribution >= 4 is 15.9 Å². The molecule has 0 saturated heterocycles. The van der Waals surface area contributed by atoms with Crippen LogP contribution in [0.25, 0.3) is 0 Å². The van der Waals surface area contributed by atoms with E-state index >= 15 is 0 Å². The van der Waals surface area contributed by atoms with Crippen LogP contribution in [0.4, 0.5) is 13.2 Å². The van der Waals surface area contributed by atoms with Crippen LogP contribution in [0, 0.1) is 5.92 Å². The van der Waals surface area contributed by atoms with E-state index in [4.69, 9.17) is 0 Å². The lowest BCUT2D eigenvalue weighted by molar-refractivity contribution is -0.148. The molecule has 0 amide bonds. The molecular weight excluding hydrogens is 257 g/mol. The van der Waals surface area contributed by atoms with Crippen molar-refractivity contribution in [2.24, 2.45) is 5.92 Å². The normalized spacial score (nSPS) is 26.3. The van der Waals surface area contributed by atoms with Crippen molar-refractivity contribution < 1.29 is 13.2 Å². The Hall–Kier alpha value is -0.510. The van der Waals surface area contributed by atoms with Gasteiger partial charge in [0.2, 0.25) is 0 Å². The van der Waals surface area contributed by atoms with E-state index in [1.54, 1.807) is 24.3 Å². The standard InChI is InChI=1S/C10H8BrF3/c11-7-3-1-6(2-4-7)8-5-9(8)10(12,13)14/h1-4,8-9H,5H2/t8-,9-/m1/s1. The molecule has 1 aromatic carbocycles. The number of halogens is 4. The molecule has 0 aromatic heterocycles. The third-order valence-corrected chi connectivity index (χ3v) is 3.04. The predicted molar refractivity (Wildman–Crippen MR) is 51.0 cm³/mol. The maximum absolute atomic E-state index is 12.2. The highest BCUT2D eigenvalue weighted by molar-refractivity contribution is 9.10. The van der Waals surface area contributed by atoms with Gasteiger partial charge >= 0.3 is 6.18 Å². The Balaban J connectivity index is 2.10. The number of hydrogen-bond donors (Lipinski definition) is 0. The molecule has 0 heterocycles. The smallest absolute Gasteiger partial charge is 0.171 e. The molecule has 1 aliphatic carbocycles. The van der Waals surface area contributed by atoms with Crippen LogP contribution in [-0.4, -0.2) is 6.18 Å². The summed E-state index contributed by atoms with van der Waals surface area (Å²) in [6, 6.07) is 7.06. The number of rotatable bonds is 1. The van der Waals surface area contributed by atoms with E-state index < -0.39 is 12.1 Å². The Morgan fingerprint density at radius 1 is 1.14 bits per heavy atom. The van der Waals surface area contributed by atoms with Gasteiger partial charge in [-0.15, -0.1) is 0 Å². The lowest BCUT2D eigenvalue weighted by Crippen LogP contribution is -2.11. The molecule has 0 radical (unpaired) electrons. The number of benzene rings is 1. The van der Waals surface area contributed by atoms with Gasteiger partial charge in [-0.3, -0.25) is 0 Å². The van der Waals surface area contributed by atoms with Gasteiger partial charge in [0.15, 0.2) is 0 Å². The van der Waals surface area contributed by atoms with Gasteiger partial charge in [-0.2, -0.15) is 13.2 Å². The minimum atomic E-state index is -4.03. The number of hydrogen-bond acceptors (Lipinski definition) is 0. The lowest BCUT2D eigenvalue weighted by Gasteiger charge is -2.05.